The number of aryl methyl sites for hydroxylation is 2. The van der Waals surface area contributed by atoms with Crippen molar-refractivity contribution in [3.63, 3.8) is 0 Å². The van der Waals surface area contributed by atoms with E-state index in [4.69, 9.17) is 9.68 Å². The van der Waals surface area contributed by atoms with Gasteiger partial charge in [-0.05, 0) is 44.5 Å². The van der Waals surface area contributed by atoms with Crippen LogP contribution in [0, 0.1) is 25.2 Å². The molecule has 1 aromatic heterocycles. The van der Waals surface area contributed by atoms with E-state index < -0.39 is 15.6 Å². The summed E-state index contributed by atoms with van der Waals surface area (Å²) >= 11 is 0. The number of nitriles is 1. The van der Waals surface area contributed by atoms with Crippen molar-refractivity contribution in [2.24, 2.45) is 0 Å². The third kappa shape index (κ3) is 4.45. The van der Waals surface area contributed by atoms with Crippen LogP contribution in [0.1, 0.15) is 35.1 Å². The molecule has 2 N–H and O–H groups in total. The number of hydrogen-bond donors (Lipinski definition) is 2. The van der Waals surface area contributed by atoms with Gasteiger partial charge in [-0.3, -0.25) is 0 Å². The third-order valence-electron chi connectivity index (χ3n) is 3.67. The molecule has 0 aliphatic carbocycles. The lowest BCUT2D eigenvalue weighted by Gasteiger charge is -2.23. The summed E-state index contributed by atoms with van der Waals surface area (Å²) in [4.78, 5) is 0. The van der Waals surface area contributed by atoms with E-state index in [0.717, 1.165) is 0 Å². The monoisotopic (exact) mass is 348 g/mol. The zero-order valence-electron chi connectivity index (χ0n) is 13.8. The van der Waals surface area contributed by atoms with Gasteiger partial charge in [-0.25, -0.2) is 13.1 Å². The largest absolute Gasteiger partial charge is 0.466 e. The second kappa shape index (κ2) is 6.77. The number of rotatable bonds is 6. The number of furan rings is 1. The van der Waals surface area contributed by atoms with Crippen molar-refractivity contribution in [2.45, 2.75) is 32.1 Å². The maximum Gasteiger partial charge on any atom is 0.215 e. The van der Waals surface area contributed by atoms with Crippen LogP contribution in [0.2, 0.25) is 0 Å². The van der Waals surface area contributed by atoms with Gasteiger partial charge in [-0.1, -0.05) is 12.1 Å². The Morgan fingerprint density at radius 2 is 2.04 bits per heavy atom. The quantitative estimate of drug-likeness (QED) is 0.832. The van der Waals surface area contributed by atoms with E-state index in [0.29, 0.717) is 28.2 Å². The summed E-state index contributed by atoms with van der Waals surface area (Å²) in [5, 5.41) is 19.4. The molecule has 0 fully saturated rings. The molecule has 0 aliphatic rings. The minimum atomic E-state index is -3.66. The fourth-order valence-electron chi connectivity index (χ4n) is 2.51. The first kappa shape index (κ1) is 18.2. The molecule has 0 saturated heterocycles. The molecule has 7 heteroatoms. The van der Waals surface area contributed by atoms with Crippen molar-refractivity contribution in [3.8, 4) is 6.07 Å². The van der Waals surface area contributed by atoms with Crippen molar-refractivity contribution < 1.29 is 17.9 Å². The fourth-order valence-corrected chi connectivity index (χ4v) is 3.73. The van der Waals surface area contributed by atoms with Crippen LogP contribution in [0.25, 0.3) is 0 Å². The number of aliphatic hydroxyl groups is 1. The highest BCUT2D eigenvalue weighted by Crippen LogP contribution is 2.26. The lowest BCUT2D eigenvalue weighted by molar-refractivity contribution is 0.0612. The topological polar surface area (TPSA) is 103 Å². The van der Waals surface area contributed by atoms with Gasteiger partial charge in [-0.15, -0.1) is 0 Å². The van der Waals surface area contributed by atoms with Gasteiger partial charge < -0.3 is 9.52 Å². The molecule has 1 aromatic carbocycles. The molecule has 2 rings (SSSR count). The summed E-state index contributed by atoms with van der Waals surface area (Å²) < 4.78 is 32.3. The number of hydrogen-bond acceptors (Lipinski definition) is 5. The van der Waals surface area contributed by atoms with Crippen LogP contribution in [-0.2, 0) is 21.4 Å². The Labute approximate surface area is 141 Å². The molecule has 0 radical (unpaired) electrons. The maximum absolute atomic E-state index is 12.2. The molecule has 0 spiro atoms. The molecule has 6 nitrogen and oxygen atoms in total. The van der Waals surface area contributed by atoms with Crippen molar-refractivity contribution in [2.75, 3.05) is 6.54 Å². The maximum atomic E-state index is 12.2. The highest BCUT2D eigenvalue weighted by Gasteiger charge is 2.29. The summed E-state index contributed by atoms with van der Waals surface area (Å²) in [6.45, 7) is 4.84. The molecular formula is C17H20N2O4S. The van der Waals surface area contributed by atoms with Crippen LogP contribution >= 0.6 is 0 Å². The third-order valence-corrected chi connectivity index (χ3v) is 4.97. The smallest absolute Gasteiger partial charge is 0.215 e. The second-order valence-electron chi connectivity index (χ2n) is 5.99. The molecule has 0 aliphatic heterocycles. The van der Waals surface area contributed by atoms with Crippen LogP contribution in [0.5, 0.6) is 0 Å². The number of nitrogens with one attached hydrogen (secondary N) is 1. The Bertz CT molecular complexity index is 876. The SMILES string of the molecule is Cc1cc([C@](C)(O)CNS(=O)(=O)Cc2cccc(C#N)c2)c(C)o1. The highest BCUT2D eigenvalue weighted by molar-refractivity contribution is 7.88. The summed E-state index contributed by atoms with van der Waals surface area (Å²) in [5.41, 5.74) is 0.0774. The Morgan fingerprint density at radius 3 is 2.62 bits per heavy atom. The lowest BCUT2D eigenvalue weighted by atomic mass is 9.97. The zero-order chi connectivity index (χ0) is 18.0. The van der Waals surface area contributed by atoms with Gasteiger partial charge in [0, 0.05) is 12.1 Å². The van der Waals surface area contributed by atoms with Gasteiger partial charge >= 0.3 is 0 Å². The Morgan fingerprint density at radius 1 is 1.33 bits per heavy atom. The van der Waals surface area contributed by atoms with Crippen LogP contribution in [-0.4, -0.2) is 20.1 Å². The van der Waals surface area contributed by atoms with Crippen molar-refractivity contribution >= 4 is 10.0 Å². The fraction of sp³-hybridized carbons (Fsp3) is 0.353. The van der Waals surface area contributed by atoms with Gasteiger partial charge in [0.25, 0.3) is 0 Å². The predicted molar refractivity (Wildman–Crippen MR) is 89.5 cm³/mol. The molecular weight excluding hydrogens is 328 g/mol. The van der Waals surface area contributed by atoms with E-state index >= 15 is 0 Å². The van der Waals surface area contributed by atoms with E-state index in [9.17, 15) is 13.5 Å². The average molecular weight is 348 g/mol. The zero-order valence-corrected chi connectivity index (χ0v) is 14.6. The summed E-state index contributed by atoms with van der Waals surface area (Å²) in [7, 11) is -3.66. The molecule has 0 unspecified atom stereocenters. The van der Waals surface area contributed by atoms with Crippen molar-refractivity contribution in [1.29, 1.82) is 5.26 Å². The number of sulfonamides is 1. The van der Waals surface area contributed by atoms with Gasteiger partial charge in [0.05, 0.1) is 17.4 Å². The van der Waals surface area contributed by atoms with Gasteiger partial charge in [0.2, 0.25) is 10.0 Å². The van der Waals surface area contributed by atoms with Crippen LogP contribution in [0.4, 0.5) is 0 Å². The average Bonchev–Trinajstić information content (AvgIpc) is 2.85. The molecule has 128 valence electrons. The normalized spacial score (nSPS) is 14.1. The lowest BCUT2D eigenvalue weighted by Crippen LogP contribution is -2.39. The second-order valence-corrected chi connectivity index (χ2v) is 7.80. The van der Waals surface area contributed by atoms with Gasteiger partial charge in [0.15, 0.2) is 0 Å². The van der Waals surface area contributed by atoms with E-state index in [1.54, 1.807) is 38.1 Å². The van der Waals surface area contributed by atoms with Crippen molar-refractivity contribution in [1.82, 2.24) is 4.72 Å². The first-order valence-electron chi connectivity index (χ1n) is 7.39. The molecule has 0 amide bonds. The standard InChI is InChI=1S/C17H20N2O4S/c1-12-7-16(13(2)23-12)17(3,20)11-19-24(21,22)10-15-6-4-5-14(8-15)9-18/h4-8,19-20H,10-11H2,1-3H3/t17-/m1/s1. The summed E-state index contributed by atoms with van der Waals surface area (Å²) in [5.74, 6) is 0.944. The first-order valence-corrected chi connectivity index (χ1v) is 9.04. The van der Waals surface area contributed by atoms with Crippen molar-refractivity contribution in [3.05, 3.63) is 58.5 Å². The van der Waals surface area contributed by atoms with E-state index in [1.165, 1.54) is 13.0 Å². The predicted octanol–water partition coefficient (Wildman–Crippen LogP) is 2.10. The molecule has 2 aromatic rings. The first-order chi connectivity index (χ1) is 11.1. The minimum Gasteiger partial charge on any atom is -0.466 e. The summed E-state index contributed by atoms with van der Waals surface area (Å²) in [6, 6.07) is 10.1. The van der Waals surface area contributed by atoms with Gasteiger partial charge in [0.1, 0.15) is 17.1 Å². The molecule has 1 heterocycles. The van der Waals surface area contributed by atoms with Gasteiger partial charge in [-0.2, -0.15) is 5.26 Å². The Hall–Kier alpha value is -2.14. The van der Waals surface area contributed by atoms with Crippen LogP contribution in [0.15, 0.2) is 34.7 Å². The highest BCUT2D eigenvalue weighted by atomic mass is 32.2. The number of nitrogens with zero attached hydrogens (tertiary/aromatic N) is 1. The van der Waals surface area contributed by atoms with E-state index in [2.05, 4.69) is 4.72 Å². The minimum absolute atomic E-state index is 0.174. The van der Waals surface area contributed by atoms with Crippen LogP contribution < -0.4 is 4.72 Å². The molecule has 0 saturated carbocycles. The Kier molecular flexibility index (Phi) is 5.13. The summed E-state index contributed by atoms with van der Waals surface area (Å²) in [6.07, 6.45) is 0. The molecule has 0 bridgehead atoms. The van der Waals surface area contributed by atoms with E-state index in [-0.39, 0.29) is 12.3 Å². The molecule has 24 heavy (non-hydrogen) atoms. The Balaban J connectivity index is 2.09. The van der Waals surface area contributed by atoms with E-state index in [1.807, 2.05) is 6.07 Å². The molecule has 1 atom stereocenters. The number of benzene rings is 1. The van der Waals surface area contributed by atoms with Crippen LogP contribution in [0.3, 0.4) is 0 Å².